The predicted molar refractivity (Wildman–Crippen MR) is 74.8 cm³/mol. The van der Waals surface area contributed by atoms with Crippen LogP contribution < -0.4 is 4.72 Å². The monoisotopic (exact) mass is 389 g/mol. The molecule has 0 aromatic carbocycles. The standard InChI is InChI=1S/C9H13Br2NO2S2/c1-2-7(10)3-5-12-16(13,14)9-8(11)4-6-15-9/h4,6-7,12H,2-3,5H2,1H3. The first-order valence-electron chi connectivity index (χ1n) is 4.84. The lowest BCUT2D eigenvalue weighted by Crippen LogP contribution is -2.25. The molecule has 0 spiro atoms. The van der Waals surface area contributed by atoms with Crippen molar-refractivity contribution < 1.29 is 8.42 Å². The van der Waals surface area contributed by atoms with E-state index in [9.17, 15) is 8.42 Å². The van der Waals surface area contributed by atoms with Crippen molar-refractivity contribution in [3.05, 3.63) is 15.9 Å². The zero-order chi connectivity index (χ0) is 12.2. The fourth-order valence-corrected chi connectivity index (χ4v) is 4.75. The Morgan fingerprint density at radius 3 is 2.75 bits per heavy atom. The Balaban J connectivity index is 2.57. The van der Waals surface area contributed by atoms with Gasteiger partial charge in [0.25, 0.3) is 10.0 Å². The largest absolute Gasteiger partial charge is 0.251 e. The molecule has 0 aliphatic rings. The van der Waals surface area contributed by atoms with Gasteiger partial charge in [-0.3, -0.25) is 0 Å². The molecule has 92 valence electrons. The maximum atomic E-state index is 11.8. The molecule has 0 saturated heterocycles. The second-order valence-corrected chi connectivity index (χ2v) is 8.28. The molecule has 1 rings (SSSR count). The van der Waals surface area contributed by atoms with Gasteiger partial charge in [-0.1, -0.05) is 22.9 Å². The van der Waals surface area contributed by atoms with E-state index in [1.807, 2.05) is 0 Å². The summed E-state index contributed by atoms with van der Waals surface area (Å²) in [5, 5.41) is 1.75. The quantitative estimate of drug-likeness (QED) is 0.757. The highest BCUT2D eigenvalue weighted by Crippen LogP contribution is 2.27. The molecule has 16 heavy (non-hydrogen) atoms. The third kappa shape index (κ3) is 4.10. The Morgan fingerprint density at radius 2 is 2.25 bits per heavy atom. The van der Waals surface area contributed by atoms with Gasteiger partial charge in [0.05, 0.1) is 0 Å². The number of rotatable bonds is 6. The molecule has 0 aliphatic carbocycles. The summed E-state index contributed by atoms with van der Waals surface area (Å²) in [6.45, 7) is 2.51. The van der Waals surface area contributed by atoms with Crippen LogP contribution in [-0.4, -0.2) is 19.8 Å². The van der Waals surface area contributed by atoms with E-state index >= 15 is 0 Å². The molecule has 0 radical (unpaired) electrons. The number of hydrogen-bond donors (Lipinski definition) is 1. The zero-order valence-electron chi connectivity index (χ0n) is 8.74. The van der Waals surface area contributed by atoms with Crippen LogP contribution in [0.3, 0.4) is 0 Å². The first kappa shape index (κ1) is 14.6. The van der Waals surface area contributed by atoms with Crippen LogP contribution in [-0.2, 0) is 10.0 Å². The zero-order valence-corrected chi connectivity index (χ0v) is 13.5. The smallest absolute Gasteiger partial charge is 0.210 e. The van der Waals surface area contributed by atoms with Crippen molar-refractivity contribution in [3.8, 4) is 0 Å². The summed E-state index contributed by atoms with van der Waals surface area (Å²) in [6.07, 6.45) is 1.78. The van der Waals surface area contributed by atoms with Gasteiger partial charge in [-0.05, 0) is 40.2 Å². The summed E-state index contributed by atoms with van der Waals surface area (Å²) in [5.74, 6) is 0. The van der Waals surface area contributed by atoms with E-state index in [-0.39, 0.29) is 0 Å². The Hall–Kier alpha value is 0.570. The Morgan fingerprint density at radius 1 is 1.56 bits per heavy atom. The Kier molecular flexibility index (Phi) is 5.93. The first-order valence-corrected chi connectivity index (χ1v) is 8.91. The van der Waals surface area contributed by atoms with Crippen molar-refractivity contribution in [2.45, 2.75) is 28.8 Å². The second kappa shape index (κ2) is 6.49. The van der Waals surface area contributed by atoms with E-state index in [0.717, 1.165) is 12.8 Å². The van der Waals surface area contributed by atoms with Gasteiger partial charge in [0.2, 0.25) is 0 Å². The molecule has 3 nitrogen and oxygen atoms in total. The number of halogens is 2. The van der Waals surface area contributed by atoms with Gasteiger partial charge >= 0.3 is 0 Å². The first-order chi connectivity index (χ1) is 7.47. The highest BCUT2D eigenvalue weighted by Gasteiger charge is 2.18. The molecule has 0 fully saturated rings. The highest BCUT2D eigenvalue weighted by molar-refractivity contribution is 9.10. The Bertz CT molecular complexity index is 430. The van der Waals surface area contributed by atoms with Crippen molar-refractivity contribution in [3.63, 3.8) is 0 Å². The summed E-state index contributed by atoms with van der Waals surface area (Å²) in [7, 11) is -3.35. The predicted octanol–water partition coefficient (Wildman–Crippen LogP) is 3.35. The van der Waals surface area contributed by atoms with Crippen molar-refractivity contribution in [2.75, 3.05) is 6.54 Å². The minimum atomic E-state index is -3.35. The summed E-state index contributed by atoms with van der Waals surface area (Å²) < 4.78 is 27.2. The van der Waals surface area contributed by atoms with Crippen LogP contribution in [0.5, 0.6) is 0 Å². The third-order valence-electron chi connectivity index (χ3n) is 2.02. The van der Waals surface area contributed by atoms with Crippen LogP contribution >= 0.6 is 43.2 Å². The highest BCUT2D eigenvalue weighted by atomic mass is 79.9. The van der Waals surface area contributed by atoms with Gasteiger partial charge in [-0.2, -0.15) is 0 Å². The van der Waals surface area contributed by atoms with Crippen molar-refractivity contribution in [1.82, 2.24) is 4.72 Å². The molecule has 1 atom stereocenters. The number of thiophene rings is 1. The SMILES string of the molecule is CCC(Br)CCNS(=O)(=O)c1sccc1Br. The molecule has 1 aromatic rings. The lowest BCUT2D eigenvalue weighted by atomic mass is 10.2. The lowest BCUT2D eigenvalue weighted by molar-refractivity contribution is 0.579. The minimum Gasteiger partial charge on any atom is -0.210 e. The molecule has 0 saturated carbocycles. The molecule has 1 unspecified atom stereocenters. The number of alkyl halides is 1. The van der Waals surface area contributed by atoms with Crippen LogP contribution in [0.4, 0.5) is 0 Å². The number of nitrogens with one attached hydrogen (secondary N) is 1. The average molecular weight is 391 g/mol. The normalized spacial score (nSPS) is 13.9. The molecule has 0 aliphatic heterocycles. The number of hydrogen-bond acceptors (Lipinski definition) is 3. The van der Waals surface area contributed by atoms with Crippen molar-refractivity contribution >= 4 is 53.2 Å². The molecule has 0 amide bonds. The van der Waals surface area contributed by atoms with Crippen LogP contribution in [0.1, 0.15) is 19.8 Å². The number of sulfonamides is 1. The fourth-order valence-electron chi connectivity index (χ4n) is 1.09. The lowest BCUT2D eigenvalue weighted by Gasteiger charge is -2.08. The fraction of sp³-hybridized carbons (Fsp3) is 0.556. The van der Waals surface area contributed by atoms with Gasteiger partial charge in [-0.25, -0.2) is 13.1 Å². The van der Waals surface area contributed by atoms with Gasteiger partial charge in [-0.15, -0.1) is 11.3 Å². The topological polar surface area (TPSA) is 46.2 Å². The van der Waals surface area contributed by atoms with E-state index in [1.165, 1.54) is 11.3 Å². The van der Waals surface area contributed by atoms with Crippen LogP contribution in [0, 0.1) is 0 Å². The van der Waals surface area contributed by atoms with Crippen molar-refractivity contribution in [2.24, 2.45) is 0 Å². The van der Waals surface area contributed by atoms with Gasteiger partial charge in [0.15, 0.2) is 0 Å². The van der Waals surface area contributed by atoms with Crippen LogP contribution in [0.2, 0.25) is 0 Å². The molecule has 7 heteroatoms. The summed E-state index contributed by atoms with van der Waals surface area (Å²) in [6, 6.07) is 1.73. The molecule has 0 bridgehead atoms. The maximum absolute atomic E-state index is 11.8. The molecule has 1 N–H and O–H groups in total. The second-order valence-electron chi connectivity index (χ2n) is 3.25. The summed E-state index contributed by atoms with van der Waals surface area (Å²) >= 11 is 7.90. The van der Waals surface area contributed by atoms with E-state index in [2.05, 4.69) is 43.5 Å². The van der Waals surface area contributed by atoms with Gasteiger partial charge in [0.1, 0.15) is 4.21 Å². The minimum absolute atomic E-state index is 0.343. The Labute approximate surface area is 117 Å². The van der Waals surface area contributed by atoms with E-state index < -0.39 is 10.0 Å². The van der Waals surface area contributed by atoms with E-state index in [1.54, 1.807) is 11.4 Å². The molecular weight excluding hydrogens is 378 g/mol. The van der Waals surface area contributed by atoms with Gasteiger partial charge in [0, 0.05) is 15.8 Å². The summed E-state index contributed by atoms with van der Waals surface area (Å²) in [5.41, 5.74) is 0. The maximum Gasteiger partial charge on any atom is 0.251 e. The molecular formula is C9H13Br2NO2S2. The van der Waals surface area contributed by atoms with E-state index in [0.29, 0.717) is 20.1 Å². The average Bonchev–Trinajstić information content (AvgIpc) is 2.64. The van der Waals surface area contributed by atoms with Crippen molar-refractivity contribution in [1.29, 1.82) is 0 Å². The molecule has 1 heterocycles. The van der Waals surface area contributed by atoms with Crippen LogP contribution in [0.25, 0.3) is 0 Å². The third-order valence-corrected chi connectivity index (χ3v) is 7.26. The van der Waals surface area contributed by atoms with E-state index in [4.69, 9.17) is 0 Å². The van der Waals surface area contributed by atoms with Gasteiger partial charge < -0.3 is 0 Å². The summed E-state index contributed by atoms with van der Waals surface area (Å²) in [4.78, 5) is 0.363. The molecule has 1 aromatic heterocycles. The van der Waals surface area contributed by atoms with Crippen LogP contribution in [0.15, 0.2) is 20.1 Å².